The van der Waals surface area contributed by atoms with E-state index in [1.165, 1.54) is 5.56 Å². The van der Waals surface area contributed by atoms with Crippen molar-refractivity contribution < 1.29 is 4.74 Å². The Balaban J connectivity index is 1.87. The Kier molecular flexibility index (Phi) is 3.02. The first-order valence-electron chi connectivity index (χ1n) is 6.43. The van der Waals surface area contributed by atoms with Gasteiger partial charge in [0.25, 0.3) is 0 Å². The van der Waals surface area contributed by atoms with Crippen molar-refractivity contribution in [3.05, 3.63) is 53.5 Å². The van der Waals surface area contributed by atoms with Crippen LogP contribution in [0, 0.1) is 13.8 Å². The number of aromatic nitrogens is 3. The van der Waals surface area contributed by atoms with Crippen LogP contribution in [0.25, 0.3) is 5.65 Å². The summed E-state index contributed by atoms with van der Waals surface area (Å²) in [5, 5.41) is 8.23. The average molecular weight is 268 g/mol. The van der Waals surface area contributed by atoms with Crippen LogP contribution in [-0.4, -0.2) is 14.6 Å². The summed E-state index contributed by atoms with van der Waals surface area (Å²) in [7, 11) is 0. The summed E-state index contributed by atoms with van der Waals surface area (Å²) in [6, 6.07) is 9.65. The third-order valence-electron chi connectivity index (χ3n) is 3.41. The Morgan fingerprint density at radius 1 is 1.15 bits per heavy atom. The number of pyridine rings is 1. The SMILES string of the molecule is Cc1cccc(OCc2nnc3ccc(N)cn23)c1C. The lowest BCUT2D eigenvalue weighted by atomic mass is 10.1. The molecule has 20 heavy (non-hydrogen) atoms. The van der Waals surface area contributed by atoms with Gasteiger partial charge in [-0.2, -0.15) is 0 Å². The van der Waals surface area contributed by atoms with E-state index in [9.17, 15) is 0 Å². The van der Waals surface area contributed by atoms with Gasteiger partial charge in [-0.3, -0.25) is 4.40 Å². The zero-order valence-corrected chi connectivity index (χ0v) is 11.5. The van der Waals surface area contributed by atoms with E-state index >= 15 is 0 Å². The van der Waals surface area contributed by atoms with Crippen molar-refractivity contribution in [3.63, 3.8) is 0 Å². The molecule has 3 aromatic rings. The van der Waals surface area contributed by atoms with E-state index < -0.39 is 0 Å². The lowest BCUT2D eigenvalue weighted by Crippen LogP contribution is -2.03. The molecule has 0 aliphatic rings. The number of anilines is 1. The molecule has 0 atom stereocenters. The molecule has 0 saturated carbocycles. The molecule has 102 valence electrons. The topological polar surface area (TPSA) is 65.4 Å². The van der Waals surface area contributed by atoms with Crippen LogP contribution in [0.1, 0.15) is 17.0 Å². The minimum atomic E-state index is 0.356. The molecule has 0 amide bonds. The van der Waals surface area contributed by atoms with Gasteiger partial charge in [-0.1, -0.05) is 12.1 Å². The average Bonchev–Trinajstić information content (AvgIpc) is 2.83. The number of aryl methyl sites for hydroxylation is 1. The lowest BCUT2D eigenvalue weighted by Gasteiger charge is -2.10. The van der Waals surface area contributed by atoms with E-state index in [0.29, 0.717) is 12.3 Å². The standard InChI is InChI=1S/C15H16N4O/c1-10-4-3-5-13(11(10)2)20-9-15-18-17-14-7-6-12(16)8-19(14)15/h3-8H,9,16H2,1-2H3. The molecule has 0 radical (unpaired) electrons. The van der Waals surface area contributed by atoms with Crippen LogP contribution in [-0.2, 0) is 6.61 Å². The minimum Gasteiger partial charge on any atom is -0.485 e. The molecule has 0 unspecified atom stereocenters. The van der Waals surface area contributed by atoms with Gasteiger partial charge < -0.3 is 10.5 Å². The number of hydrogen-bond acceptors (Lipinski definition) is 4. The maximum absolute atomic E-state index is 5.85. The van der Waals surface area contributed by atoms with E-state index in [2.05, 4.69) is 23.2 Å². The highest BCUT2D eigenvalue weighted by Gasteiger charge is 2.08. The zero-order valence-electron chi connectivity index (χ0n) is 11.5. The second-order valence-corrected chi connectivity index (χ2v) is 4.79. The molecular weight excluding hydrogens is 252 g/mol. The summed E-state index contributed by atoms with van der Waals surface area (Å²) in [6.07, 6.45) is 1.80. The molecule has 0 aliphatic carbocycles. The Labute approximate surface area is 117 Å². The number of benzene rings is 1. The van der Waals surface area contributed by atoms with Crippen molar-refractivity contribution >= 4 is 11.3 Å². The van der Waals surface area contributed by atoms with E-state index in [4.69, 9.17) is 10.5 Å². The quantitative estimate of drug-likeness (QED) is 0.792. The van der Waals surface area contributed by atoms with Gasteiger partial charge >= 0.3 is 0 Å². The Morgan fingerprint density at radius 2 is 2.00 bits per heavy atom. The largest absolute Gasteiger partial charge is 0.485 e. The van der Waals surface area contributed by atoms with Gasteiger partial charge in [-0.15, -0.1) is 10.2 Å². The molecular formula is C15H16N4O. The maximum atomic E-state index is 5.85. The third kappa shape index (κ3) is 2.18. The number of nitrogens with two attached hydrogens (primary N) is 1. The van der Waals surface area contributed by atoms with Crippen LogP contribution in [0.2, 0.25) is 0 Å². The molecule has 0 fully saturated rings. The van der Waals surface area contributed by atoms with Gasteiger partial charge in [0, 0.05) is 11.9 Å². The molecule has 3 rings (SSSR count). The van der Waals surface area contributed by atoms with Crippen molar-refractivity contribution in [2.75, 3.05) is 5.73 Å². The van der Waals surface area contributed by atoms with E-state index in [0.717, 1.165) is 22.8 Å². The van der Waals surface area contributed by atoms with Crippen molar-refractivity contribution in [2.45, 2.75) is 20.5 Å². The molecule has 0 aliphatic heterocycles. The van der Waals surface area contributed by atoms with Crippen LogP contribution >= 0.6 is 0 Å². The number of ether oxygens (including phenoxy) is 1. The van der Waals surface area contributed by atoms with Crippen molar-refractivity contribution in [1.82, 2.24) is 14.6 Å². The third-order valence-corrected chi connectivity index (χ3v) is 3.41. The summed E-state index contributed by atoms with van der Waals surface area (Å²) < 4.78 is 7.69. The number of rotatable bonds is 3. The van der Waals surface area contributed by atoms with Gasteiger partial charge in [0.15, 0.2) is 11.5 Å². The van der Waals surface area contributed by atoms with Crippen molar-refractivity contribution in [2.24, 2.45) is 0 Å². The van der Waals surface area contributed by atoms with Gasteiger partial charge in [0.05, 0.1) is 0 Å². The molecule has 5 nitrogen and oxygen atoms in total. The van der Waals surface area contributed by atoms with Gasteiger partial charge in [-0.05, 0) is 43.2 Å². The summed E-state index contributed by atoms with van der Waals surface area (Å²) >= 11 is 0. The number of fused-ring (bicyclic) bond motifs is 1. The minimum absolute atomic E-state index is 0.356. The lowest BCUT2D eigenvalue weighted by molar-refractivity contribution is 0.292. The molecule has 0 spiro atoms. The highest BCUT2D eigenvalue weighted by atomic mass is 16.5. The number of hydrogen-bond donors (Lipinski definition) is 1. The summed E-state index contributed by atoms with van der Waals surface area (Å²) in [6.45, 7) is 4.47. The van der Waals surface area contributed by atoms with Crippen LogP contribution < -0.4 is 10.5 Å². The normalized spacial score (nSPS) is 10.9. The summed E-state index contributed by atoms with van der Waals surface area (Å²) in [5.41, 5.74) is 9.57. The molecule has 5 heteroatoms. The highest BCUT2D eigenvalue weighted by molar-refractivity contribution is 5.47. The van der Waals surface area contributed by atoms with Gasteiger partial charge in [-0.25, -0.2) is 0 Å². The second kappa shape index (κ2) is 4.85. The monoisotopic (exact) mass is 268 g/mol. The van der Waals surface area contributed by atoms with Gasteiger partial charge in [0.2, 0.25) is 0 Å². The molecule has 2 N–H and O–H groups in total. The highest BCUT2D eigenvalue weighted by Crippen LogP contribution is 2.21. The first-order chi connectivity index (χ1) is 9.65. The Hall–Kier alpha value is -2.56. The Bertz CT molecular complexity index is 764. The van der Waals surface area contributed by atoms with Gasteiger partial charge in [0.1, 0.15) is 12.4 Å². The predicted molar refractivity (Wildman–Crippen MR) is 77.6 cm³/mol. The Morgan fingerprint density at radius 3 is 2.85 bits per heavy atom. The van der Waals surface area contributed by atoms with Crippen LogP contribution in [0.3, 0.4) is 0 Å². The van der Waals surface area contributed by atoms with E-state index in [1.807, 2.05) is 29.5 Å². The zero-order chi connectivity index (χ0) is 14.1. The fraction of sp³-hybridized carbons (Fsp3) is 0.200. The van der Waals surface area contributed by atoms with Crippen LogP contribution in [0.4, 0.5) is 5.69 Å². The molecule has 0 saturated heterocycles. The number of nitrogens with zero attached hydrogens (tertiary/aromatic N) is 3. The first kappa shape index (κ1) is 12.5. The summed E-state index contributed by atoms with van der Waals surface area (Å²) in [5.74, 6) is 1.60. The van der Waals surface area contributed by atoms with E-state index in [1.54, 1.807) is 12.3 Å². The molecule has 2 heterocycles. The fourth-order valence-electron chi connectivity index (χ4n) is 2.08. The predicted octanol–water partition coefficient (Wildman–Crippen LogP) is 2.51. The van der Waals surface area contributed by atoms with E-state index in [-0.39, 0.29) is 0 Å². The molecule has 0 bridgehead atoms. The second-order valence-electron chi connectivity index (χ2n) is 4.79. The summed E-state index contributed by atoms with van der Waals surface area (Å²) in [4.78, 5) is 0. The molecule has 1 aromatic carbocycles. The molecule has 2 aromatic heterocycles. The van der Waals surface area contributed by atoms with Crippen LogP contribution in [0.5, 0.6) is 5.75 Å². The van der Waals surface area contributed by atoms with Crippen molar-refractivity contribution in [1.29, 1.82) is 0 Å². The van der Waals surface area contributed by atoms with Crippen molar-refractivity contribution in [3.8, 4) is 5.75 Å². The fourth-order valence-corrected chi connectivity index (χ4v) is 2.08. The first-order valence-corrected chi connectivity index (χ1v) is 6.43. The number of nitrogen functional groups attached to an aromatic ring is 1. The van der Waals surface area contributed by atoms with Crippen LogP contribution in [0.15, 0.2) is 36.5 Å². The smallest absolute Gasteiger partial charge is 0.175 e. The maximum Gasteiger partial charge on any atom is 0.175 e.